The summed E-state index contributed by atoms with van der Waals surface area (Å²) in [5, 5.41) is 0. The van der Waals surface area contributed by atoms with Gasteiger partial charge < -0.3 is 0 Å². The van der Waals surface area contributed by atoms with E-state index in [0.29, 0.717) is 12.8 Å². The fourth-order valence-electron chi connectivity index (χ4n) is 0.284. The van der Waals surface area contributed by atoms with E-state index >= 15 is 0 Å². The first-order valence-corrected chi connectivity index (χ1v) is 4.25. The molecule has 0 aliphatic rings. The summed E-state index contributed by atoms with van der Waals surface area (Å²) in [5.41, 5.74) is 0. The summed E-state index contributed by atoms with van der Waals surface area (Å²) in [6, 6.07) is 0. The van der Waals surface area contributed by atoms with Crippen molar-refractivity contribution in [2.24, 2.45) is 0 Å². The lowest BCUT2D eigenvalue weighted by Gasteiger charge is -1.81. The van der Waals surface area contributed by atoms with E-state index in [1.807, 2.05) is 13.8 Å². The van der Waals surface area contributed by atoms with Crippen molar-refractivity contribution in [2.45, 2.75) is 20.3 Å². The SMILES string of the molecule is CCCO[P+](=O)CC. The normalized spacial score (nSPS) is 11.5. The van der Waals surface area contributed by atoms with Crippen LogP contribution in [0.25, 0.3) is 0 Å². The third-order valence-corrected chi connectivity index (χ3v) is 1.68. The molecule has 0 aromatic carbocycles. The molecule has 1 atom stereocenters. The van der Waals surface area contributed by atoms with Gasteiger partial charge in [0.15, 0.2) is 6.16 Å². The van der Waals surface area contributed by atoms with Crippen molar-refractivity contribution in [2.75, 3.05) is 12.8 Å². The molecule has 0 aliphatic heterocycles. The highest BCUT2D eigenvalue weighted by Crippen LogP contribution is 2.20. The molecule has 0 heterocycles. The van der Waals surface area contributed by atoms with Crippen LogP contribution in [0.5, 0.6) is 0 Å². The van der Waals surface area contributed by atoms with Gasteiger partial charge in [-0.1, -0.05) is 6.92 Å². The fraction of sp³-hybridized carbons (Fsp3) is 1.00. The molecule has 0 aliphatic carbocycles. The minimum absolute atomic E-state index is 0.628. The zero-order chi connectivity index (χ0) is 6.41. The molecule has 0 saturated heterocycles. The zero-order valence-corrected chi connectivity index (χ0v) is 6.28. The number of hydrogen-bond acceptors (Lipinski definition) is 2. The van der Waals surface area contributed by atoms with Crippen LogP contribution >= 0.6 is 8.03 Å². The van der Waals surface area contributed by atoms with E-state index < -0.39 is 8.03 Å². The van der Waals surface area contributed by atoms with Crippen LogP contribution < -0.4 is 0 Å². The topological polar surface area (TPSA) is 26.3 Å². The second kappa shape index (κ2) is 5.20. The lowest BCUT2D eigenvalue weighted by Crippen LogP contribution is -1.82. The molecular weight excluding hydrogens is 123 g/mol. The molecule has 0 spiro atoms. The molecule has 2 nitrogen and oxygen atoms in total. The van der Waals surface area contributed by atoms with Gasteiger partial charge in [0.2, 0.25) is 0 Å². The lowest BCUT2D eigenvalue weighted by molar-refractivity contribution is 0.329. The van der Waals surface area contributed by atoms with E-state index in [9.17, 15) is 4.57 Å². The first-order valence-electron chi connectivity index (χ1n) is 2.88. The van der Waals surface area contributed by atoms with Gasteiger partial charge in [0, 0.05) is 0 Å². The maximum absolute atomic E-state index is 10.5. The summed E-state index contributed by atoms with van der Waals surface area (Å²) >= 11 is 0. The van der Waals surface area contributed by atoms with Crippen molar-refractivity contribution in [3.8, 4) is 0 Å². The molecule has 0 N–H and O–H groups in total. The van der Waals surface area contributed by atoms with E-state index in [0.717, 1.165) is 6.42 Å². The Bertz CT molecular complexity index is 72.8. The van der Waals surface area contributed by atoms with Crippen molar-refractivity contribution in [1.29, 1.82) is 0 Å². The van der Waals surface area contributed by atoms with Crippen molar-refractivity contribution in [1.82, 2.24) is 0 Å². The van der Waals surface area contributed by atoms with Crippen LogP contribution in [0.1, 0.15) is 20.3 Å². The summed E-state index contributed by atoms with van der Waals surface area (Å²) < 4.78 is 15.3. The predicted molar refractivity (Wildman–Crippen MR) is 34.4 cm³/mol. The molecule has 0 aromatic rings. The monoisotopic (exact) mass is 135 g/mol. The Hall–Kier alpha value is 0.0600. The molecule has 0 aromatic heterocycles. The zero-order valence-electron chi connectivity index (χ0n) is 5.39. The van der Waals surface area contributed by atoms with E-state index in [1.165, 1.54) is 0 Å². The van der Waals surface area contributed by atoms with E-state index in [4.69, 9.17) is 4.52 Å². The van der Waals surface area contributed by atoms with Gasteiger partial charge in [-0.25, -0.2) is 0 Å². The molecule has 3 heteroatoms. The van der Waals surface area contributed by atoms with Crippen LogP contribution in [-0.4, -0.2) is 12.8 Å². The van der Waals surface area contributed by atoms with Crippen molar-refractivity contribution >= 4 is 8.03 Å². The Kier molecular flexibility index (Phi) is 5.24. The molecule has 48 valence electrons. The molecular formula is C5H12O2P+. The lowest BCUT2D eigenvalue weighted by atomic mass is 10.5. The minimum atomic E-state index is -1.33. The number of rotatable bonds is 4. The van der Waals surface area contributed by atoms with Crippen LogP contribution in [-0.2, 0) is 9.09 Å². The standard InChI is InChI=1S/C5H12O2P/c1-3-5-7-8(6)4-2/h3-5H2,1-2H3/q+1. The Morgan fingerprint density at radius 3 is 2.50 bits per heavy atom. The van der Waals surface area contributed by atoms with Crippen LogP contribution in [0.4, 0.5) is 0 Å². The van der Waals surface area contributed by atoms with Gasteiger partial charge in [-0.05, 0) is 17.9 Å². The predicted octanol–water partition coefficient (Wildman–Crippen LogP) is 2.18. The van der Waals surface area contributed by atoms with Crippen LogP contribution in [0.3, 0.4) is 0 Å². The summed E-state index contributed by atoms with van der Waals surface area (Å²) in [4.78, 5) is 0. The Balaban J connectivity index is 2.99. The molecule has 0 radical (unpaired) electrons. The van der Waals surface area contributed by atoms with Gasteiger partial charge in [-0.2, -0.15) is 0 Å². The van der Waals surface area contributed by atoms with Gasteiger partial charge in [-0.15, -0.1) is 4.52 Å². The average Bonchev–Trinajstić information content (AvgIpc) is 1.83. The summed E-state index contributed by atoms with van der Waals surface area (Å²) in [6.07, 6.45) is 1.58. The quantitative estimate of drug-likeness (QED) is 0.552. The van der Waals surface area contributed by atoms with Crippen LogP contribution in [0.15, 0.2) is 0 Å². The van der Waals surface area contributed by atoms with E-state index in [1.54, 1.807) is 0 Å². The van der Waals surface area contributed by atoms with Gasteiger partial charge in [0.05, 0.1) is 0 Å². The van der Waals surface area contributed by atoms with Gasteiger partial charge in [0.1, 0.15) is 6.61 Å². The Morgan fingerprint density at radius 2 is 2.12 bits per heavy atom. The fourth-order valence-corrected chi connectivity index (χ4v) is 0.853. The molecule has 0 saturated carbocycles. The molecule has 0 bridgehead atoms. The van der Waals surface area contributed by atoms with Gasteiger partial charge >= 0.3 is 8.03 Å². The molecule has 8 heavy (non-hydrogen) atoms. The smallest absolute Gasteiger partial charge is 0.146 e. The summed E-state index contributed by atoms with van der Waals surface area (Å²) in [5.74, 6) is 0. The molecule has 1 unspecified atom stereocenters. The first-order chi connectivity index (χ1) is 3.81. The van der Waals surface area contributed by atoms with Crippen molar-refractivity contribution in [3.05, 3.63) is 0 Å². The van der Waals surface area contributed by atoms with Crippen LogP contribution in [0.2, 0.25) is 0 Å². The third-order valence-electron chi connectivity index (χ3n) is 0.698. The molecule has 0 fully saturated rings. The minimum Gasteiger partial charge on any atom is -0.146 e. The highest BCUT2D eigenvalue weighted by molar-refractivity contribution is 7.39. The Morgan fingerprint density at radius 1 is 1.50 bits per heavy atom. The van der Waals surface area contributed by atoms with E-state index in [-0.39, 0.29) is 0 Å². The number of hydrogen-bond donors (Lipinski definition) is 0. The Labute approximate surface area is 51.1 Å². The summed E-state index contributed by atoms with van der Waals surface area (Å²) in [7, 11) is -1.33. The maximum atomic E-state index is 10.5. The molecule has 0 amide bonds. The largest absolute Gasteiger partial charge is 0.507 e. The van der Waals surface area contributed by atoms with Crippen molar-refractivity contribution < 1.29 is 9.09 Å². The third kappa shape index (κ3) is 4.23. The van der Waals surface area contributed by atoms with Gasteiger partial charge in [0.25, 0.3) is 0 Å². The highest BCUT2D eigenvalue weighted by atomic mass is 31.1. The first kappa shape index (κ1) is 8.06. The second-order valence-corrected chi connectivity index (χ2v) is 3.04. The average molecular weight is 135 g/mol. The second-order valence-electron chi connectivity index (χ2n) is 1.48. The highest BCUT2D eigenvalue weighted by Gasteiger charge is 2.10. The molecule has 0 rings (SSSR count). The maximum Gasteiger partial charge on any atom is 0.507 e. The summed E-state index contributed by atoms with van der Waals surface area (Å²) in [6.45, 7) is 4.48. The van der Waals surface area contributed by atoms with Gasteiger partial charge in [-0.3, -0.25) is 0 Å². The van der Waals surface area contributed by atoms with Crippen molar-refractivity contribution in [3.63, 3.8) is 0 Å². The van der Waals surface area contributed by atoms with E-state index in [2.05, 4.69) is 0 Å². The van der Waals surface area contributed by atoms with Crippen LogP contribution in [0, 0.1) is 0 Å².